The first-order valence-corrected chi connectivity index (χ1v) is 6.99. The highest BCUT2D eigenvalue weighted by Gasteiger charge is 2.27. The van der Waals surface area contributed by atoms with Gasteiger partial charge in [0.25, 0.3) is 5.56 Å². The minimum atomic E-state index is -0.160. The Morgan fingerprint density at radius 2 is 1.90 bits per heavy atom. The molecule has 0 atom stereocenters. The number of pyridine rings is 1. The molecule has 0 saturated heterocycles. The first-order valence-electron chi connectivity index (χ1n) is 6.99. The molecule has 1 heterocycles. The average molecular weight is 264 g/mol. The summed E-state index contributed by atoms with van der Waals surface area (Å²) < 4.78 is 1.79. The van der Waals surface area contributed by atoms with Crippen molar-refractivity contribution in [3.63, 3.8) is 0 Å². The lowest BCUT2D eigenvalue weighted by atomic mass is 10.1. The van der Waals surface area contributed by atoms with Crippen molar-refractivity contribution in [3.8, 4) is 17.3 Å². The molecule has 3 rings (SSSR count). The molecule has 1 aliphatic carbocycles. The van der Waals surface area contributed by atoms with Crippen LogP contribution in [0.15, 0.2) is 41.2 Å². The van der Waals surface area contributed by atoms with Gasteiger partial charge in [0.2, 0.25) is 0 Å². The summed E-state index contributed by atoms with van der Waals surface area (Å²) >= 11 is 0. The van der Waals surface area contributed by atoms with E-state index in [1.807, 2.05) is 12.1 Å². The number of benzene rings is 1. The smallest absolute Gasteiger partial charge is 0.269 e. The fraction of sp³-hybridized carbons (Fsp3) is 0.294. The Bertz CT molecular complexity index is 731. The zero-order valence-electron chi connectivity index (χ0n) is 11.5. The molecule has 0 unspecified atom stereocenters. The van der Waals surface area contributed by atoms with Crippen LogP contribution >= 0.6 is 0 Å². The van der Waals surface area contributed by atoms with Gasteiger partial charge >= 0.3 is 0 Å². The predicted octanol–water partition coefficient (Wildman–Crippen LogP) is 3.28. The Hall–Kier alpha value is -2.34. The van der Waals surface area contributed by atoms with Gasteiger partial charge in [0.05, 0.1) is 5.69 Å². The Kier molecular flexibility index (Phi) is 3.15. The van der Waals surface area contributed by atoms with Gasteiger partial charge in [-0.3, -0.25) is 4.79 Å². The summed E-state index contributed by atoms with van der Waals surface area (Å²) in [6.07, 6.45) is 3.05. The SMILES string of the molecule is CCc1ccc(-c2ccc(C#N)c(=O)n2C2CC2)cc1. The molecule has 20 heavy (non-hydrogen) atoms. The van der Waals surface area contributed by atoms with Crippen molar-refractivity contribution in [3.05, 3.63) is 57.9 Å². The van der Waals surface area contributed by atoms with E-state index in [0.717, 1.165) is 30.5 Å². The maximum atomic E-state index is 12.3. The number of aryl methyl sites for hydroxylation is 1. The molecule has 0 bridgehead atoms. The number of rotatable bonds is 3. The molecule has 3 nitrogen and oxygen atoms in total. The minimum absolute atomic E-state index is 0.160. The van der Waals surface area contributed by atoms with Crippen molar-refractivity contribution < 1.29 is 0 Å². The first-order chi connectivity index (χ1) is 9.74. The van der Waals surface area contributed by atoms with Crippen molar-refractivity contribution in [2.75, 3.05) is 0 Å². The molecule has 0 radical (unpaired) electrons. The van der Waals surface area contributed by atoms with Crippen LogP contribution in [0.25, 0.3) is 11.3 Å². The van der Waals surface area contributed by atoms with Gasteiger partial charge in [-0.05, 0) is 42.5 Å². The third kappa shape index (κ3) is 2.14. The van der Waals surface area contributed by atoms with Crippen LogP contribution in [0.3, 0.4) is 0 Å². The lowest BCUT2D eigenvalue weighted by molar-refractivity contribution is 0.713. The van der Waals surface area contributed by atoms with E-state index in [0.29, 0.717) is 0 Å². The molecule has 0 N–H and O–H groups in total. The summed E-state index contributed by atoms with van der Waals surface area (Å²) in [5.41, 5.74) is 3.30. The molecule has 100 valence electrons. The van der Waals surface area contributed by atoms with Crippen molar-refractivity contribution in [1.82, 2.24) is 4.57 Å². The summed E-state index contributed by atoms with van der Waals surface area (Å²) in [5.74, 6) is 0. The molecule has 0 aliphatic heterocycles. The van der Waals surface area contributed by atoms with Crippen LogP contribution in [-0.4, -0.2) is 4.57 Å². The Labute approximate surface area is 118 Å². The fourth-order valence-electron chi connectivity index (χ4n) is 2.48. The number of hydrogen-bond acceptors (Lipinski definition) is 2. The van der Waals surface area contributed by atoms with E-state index in [9.17, 15) is 4.79 Å². The van der Waals surface area contributed by atoms with Crippen LogP contribution in [0.1, 0.15) is 36.9 Å². The summed E-state index contributed by atoms with van der Waals surface area (Å²) in [5, 5.41) is 9.01. The first kappa shape index (κ1) is 12.7. The second-order valence-corrected chi connectivity index (χ2v) is 5.20. The molecule has 0 amide bonds. The highest BCUT2D eigenvalue weighted by Crippen LogP contribution is 2.37. The van der Waals surface area contributed by atoms with E-state index in [2.05, 4.69) is 31.2 Å². The van der Waals surface area contributed by atoms with Crippen LogP contribution < -0.4 is 5.56 Å². The summed E-state index contributed by atoms with van der Waals surface area (Å²) in [7, 11) is 0. The normalized spacial score (nSPS) is 14.0. The molecule has 1 aromatic heterocycles. The van der Waals surface area contributed by atoms with Gasteiger partial charge in [0.1, 0.15) is 11.6 Å². The lowest BCUT2D eigenvalue weighted by Crippen LogP contribution is -2.23. The van der Waals surface area contributed by atoms with Crippen LogP contribution in [0, 0.1) is 11.3 Å². The van der Waals surface area contributed by atoms with Crippen molar-refractivity contribution >= 4 is 0 Å². The van der Waals surface area contributed by atoms with Crippen LogP contribution in [-0.2, 0) is 6.42 Å². The zero-order chi connectivity index (χ0) is 14.1. The minimum Gasteiger partial charge on any atom is -0.304 e. The third-order valence-corrected chi connectivity index (χ3v) is 3.81. The summed E-state index contributed by atoms with van der Waals surface area (Å²) in [6, 6.07) is 14.1. The summed E-state index contributed by atoms with van der Waals surface area (Å²) in [6.45, 7) is 2.12. The molecule has 3 heteroatoms. The zero-order valence-corrected chi connectivity index (χ0v) is 11.5. The van der Waals surface area contributed by atoms with Gasteiger partial charge in [-0.1, -0.05) is 31.2 Å². The maximum absolute atomic E-state index is 12.3. The highest BCUT2D eigenvalue weighted by molar-refractivity contribution is 5.61. The monoisotopic (exact) mass is 264 g/mol. The van der Waals surface area contributed by atoms with Gasteiger partial charge in [-0.2, -0.15) is 5.26 Å². The molecule has 1 saturated carbocycles. The molecular weight excluding hydrogens is 248 g/mol. The van der Waals surface area contributed by atoms with E-state index < -0.39 is 0 Å². The third-order valence-electron chi connectivity index (χ3n) is 3.81. The average Bonchev–Trinajstić information content (AvgIpc) is 3.31. The fourth-order valence-corrected chi connectivity index (χ4v) is 2.48. The second kappa shape index (κ2) is 4.97. The standard InChI is InChI=1S/C17H16N2O/c1-2-12-3-5-13(6-4-12)16-10-7-14(11-18)17(20)19(16)15-8-9-15/h3-7,10,15H,2,8-9H2,1H3. The van der Waals surface area contributed by atoms with Crippen molar-refractivity contribution in [1.29, 1.82) is 5.26 Å². The molecule has 1 fully saturated rings. The Morgan fingerprint density at radius 1 is 1.20 bits per heavy atom. The van der Waals surface area contributed by atoms with Gasteiger partial charge < -0.3 is 4.57 Å². The topological polar surface area (TPSA) is 45.8 Å². The highest BCUT2D eigenvalue weighted by atomic mass is 16.1. The number of hydrogen-bond donors (Lipinski definition) is 0. The van der Waals surface area contributed by atoms with Crippen LogP contribution in [0.4, 0.5) is 0 Å². The van der Waals surface area contributed by atoms with E-state index in [1.54, 1.807) is 10.6 Å². The molecule has 1 aliphatic rings. The number of nitrogens with zero attached hydrogens (tertiary/aromatic N) is 2. The largest absolute Gasteiger partial charge is 0.304 e. The van der Waals surface area contributed by atoms with E-state index >= 15 is 0 Å². The van der Waals surface area contributed by atoms with Crippen LogP contribution in [0.5, 0.6) is 0 Å². The second-order valence-electron chi connectivity index (χ2n) is 5.20. The molecule has 2 aromatic rings. The maximum Gasteiger partial charge on any atom is 0.269 e. The number of aromatic nitrogens is 1. The Morgan fingerprint density at radius 3 is 2.45 bits per heavy atom. The Balaban J connectivity index is 2.15. The van der Waals surface area contributed by atoms with Crippen molar-refractivity contribution in [2.45, 2.75) is 32.2 Å². The van der Waals surface area contributed by atoms with Gasteiger partial charge in [-0.15, -0.1) is 0 Å². The van der Waals surface area contributed by atoms with Gasteiger partial charge in [0.15, 0.2) is 0 Å². The van der Waals surface area contributed by atoms with E-state index in [4.69, 9.17) is 5.26 Å². The van der Waals surface area contributed by atoms with E-state index in [1.165, 1.54) is 5.56 Å². The van der Waals surface area contributed by atoms with Gasteiger partial charge in [0, 0.05) is 6.04 Å². The molecular formula is C17H16N2O. The predicted molar refractivity (Wildman–Crippen MR) is 78.5 cm³/mol. The van der Waals surface area contributed by atoms with Crippen molar-refractivity contribution in [2.24, 2.45) is 0 Å². The summed E-state index contributed by atoms with van der Waals surface area (Å²) in [4.78, 5) is 12.3. The van der Waals surface area contributed by atoms with Gasteiger partial charge in [-0.25, -0.2) is 0 Å². The lowest BCUT2D eigenvalue weighted by Gasteiger charge is -2.13. The van der Waals surface area contributed by atoms with Crippen LogP contribution in [0.2, 0.25) is 0 Å². The quantitative estimate of drug-likeness (QED) is 0.854. The molecule has 1 aromatic carbocycles. The van der Waals surface area contributed by atoms with E-state index in [-0.39, 0.29) is 17.2 Å². The molecule has 0 spiro atoms. The number of nitriles is 1.